The summed E-state index contributed by atoms with van der Waals surface area (Å²) in [6.45, 7) is 4.91. The maximum absolute atomic E-state index is 12.5. The lowest BCUT2D eigenvalue weighted by molar-refractivity contribution is -0.139. The van der Waals surface area contributed by atoms with Gasteiger partial charge in [-0.3, -0.25) is 0 Å². The number of benzene rings is 1. The topological polar surface area (TPSA) is 75.6 Å². The number of nitrogens with one attached hydrogen (secondary N) is 1. The number of ether oxygens (including phenoxy) is 1. The van der Waals surface area contributed by atoms with Crippen molar-refractivity contribution >= 4 is 23.8 Å². The zero-order valence-corrected chi connectivity index (χ0v) is 14.1. The highest BCUT2D eigenvalue weighted by Crippen LogP contribution is 2.30. The smallest absolute Gasteiger partial charge is 0.416 e. The number of halogens is 3. The van der Waals surface area contributed by atoms with E-state index in [1.165, 1.54) is 12.1 Å². The number of amides is 1. The summed E-state index contributed by atoms with van der Waals surface area (Å²) >= 11 is 1.02. The van der Waals surface area contributed by atoms with E-state index in [0.717, 1.165) is 23.9 Å². The molecule has 24 heavy (non-hydrogen) atoms. The molecule has 0 saturated carbocycles. The fraction of sp³-hybridized carbons (Fsp3) is 0.467. The van der Waals surface area contributed by atoms with Crippen molar-refractivity contribution in [3.8, 4) is 0 Å². The summed E-state index contributed by atoms with van der Waals surface area (Å²) in [5.41, 5.74) is -1.55. The van der Waals surface area contributed by atoms with Crippen molar-refractivity contribution in [2.45, 2.75) is 43.5 Å². The fourth-order valence-electron chi connectivity index (χ4n) is 1.54. The number of carboxylic acid groups (broad SMARTS) is 1. The van der Waals surface area contributed by atoms with E-state index < -0.39 is 35.4 Å². The minimum Gasteiger partial charge on any atom is -0.480 e. The lowest BCUT2D eigenvalue weighted by Gasteiger charge is -2.21. The molecular weight excluding hydrogens is 347 g/mol. The van der Waals surface area contributed by atoms with Crippen LogP contribution in [0.2, 0.25) is 0 Å². The standard InChI is InChI=1S/C15H18F3NO4S/c1-14(2,3)23-13(22)19-11(12(20)21)8-24-10-6-4-9(5-7-10)15(16,17)18/h4-7,11H,8H2,1-3H3,(H,19,22)(H,20,21)/t11-/m1/s1. The molecule has 0 heterocycles. The van der Waals surface area contributed by atoms with Crippen LogP contribution in [0, 0.1) is 0 Å². The third-order valence-corrected chi connectivity index (χ3v) is 3.69. The molecular formula is C15H18F3NO4S. The molecule has 1 amide bonds. The maximum Gasteiger partial charge on any atom is 0.416 e. The summed E-state index contributed by atoms with van der Waals surface area (Å²) < 4.78 is 42.4. The first-order valence-corrected chi connectivity index (χ1v) is 7.89. The van der Waals surface area contributed by atoms with E-state index in [1.807, 2.05) is 0 Å². The van der Waals surface area contributed by atoms with Gasteiger partial charge in [0.2, 0.25) is 0 Å². The van der Waals surface area contributed by atoms with Crippen LogP contribution in [0.5, 0.6) is 0 Å². The second-order valence-corrected chi connectivity index (χ2v) is 6.96. The summed E-state index contributed by atoms with van der Waals surface area (Å²) in [6, 6.07) is 3.10. The highest BCUT2D eigenvalue weighted by Gasteiger charge is 2.30. The number of carboxylic acids is 1. The fourth-order valence-corrected chi connectivity index (χ4v) is 2.46. The van der Waals surface area contributed by atoms with E-state index in [9.17, 15) is 22.8 Å². The van der Waals surface area contributed by atoms with Gasteiger partial charge in [-0.2, -0.15) is 13.2 Å². The number of rotatable bonds is 5. The molecule has 1 aromatic rings. The lowest BCUT2D eigenvalue weighted by atomic mass is 10.2. The lowest BCUT2D eigenvalue weighted by Crippen LogP contribution is -2.44. The molecule has 0 aliphatic heterocycles. The van der Waals surface area contributed by atoms with Gasteiger partial charge in [-0.05, 0) is 45.0 Å². The molecule has 0 aromatic heterocycles. The second-order valence-electron chi connectivity index (χ2n) is 5.87. The van der Waals surface area contributed by atoms with Gasteiger partial charge >= 0.3 is 18.2 Å². The molecule has 1 aromatic carbocycles. The van der Waals surface area contributed by atoms with Gasteiger partial charge in [-0.1, -0.05) is 0 Å². The van der Waals surface area contributed by atoms with Gasteiger partial charge in [0.05, 0.1) is 5.56 Å². The molecule has 0 spiro atoms. The van der Waals surface area contributed by atoms with Crippen molar-refractivity contribution in [1.82, 2.24) is 5.32 Å². The van der Waals surface area contributed by atoms with Crippen LogP contribution in [-0.4, -0.2) is 34.6 Å². The van der Waals surface area contributed by atoms with E-state index in [2.05, 4.69) is 5.32 Å². The maximum atomic E-state index is 12.5. The number of alkyl halides is 3. The summed E-state index contributed by atoms with van der Waals surface area (Å²) in [7, 11) is 0. The number of alkyl carbamates (subject to hydrolysis) is 1. The minimum atomic E-state index is -4.43. The zero-order valence-electron chi connectivity index (χ0n) is 13.3. The molecule has 0 aliphatic carbocycles. The first-order chi connectivity index (χ1) is 10.9. The Morgan fingerprint density at radius 1 is 1.21 bits per heavy atom. The van der Waals surface area contributed by atoms with E-state index in [4.69, 9.17) is 9.84 Å². The molecule has 134 valence electrons. The molecule has 0 fully saturated rings. The molecule has 1 rings (SSSR count). The molecule has 1 atom stereocenters. The van der Waals surface area contributed by atoms with Gasteiger partial charge in [-0.15, -0.1) is 11.8 Å². The van der Waals surface area contributed by atoms with E-state index >= 15 is 0 Å². The number of hydrogen-bond donors (Lipinski definition) is 2. The van der Waals surface area contributed by atoms with Crippen LogP contribution < -0.4 is 5.32 Å². The molecule has 0 unspecified atom stereocenters. The molecule has 9 heteroatoms. The quantitative estimate of drug-likeness (QED) is 0.777. The molecule has 0 aliphatic rings. The van der Waals surface area contributed by atoms with Gasteiger partial charge in [0, 0.05) is 10.6 Å². The number of thioether (sulfide) groups is 1. The zero-order chi connectivity index (χ0) is 18.5. The van der Waals surface area contributed by atoms with Crippen LogP contribution in [0.15, 0.2) is 29.2 Å². The van der Waals surface area contributed by atoms with Crippen LogP contribution in [0.25, 0.3) is 0 Å². The van der Waals surface area contributed by atoms with Gasteiger partial charge in [0.15, 0.2) is 0 Å². The van der Waals surface area contributed by atoms with Crippen LogP contribution in [0.4, 0.5) is 18.0 Å². The Kier molecular flexibility index (Phi) is 6.53. The van der Waals surface area contributed by atoms with Gasteiger partial charge in [-0.25, -0.2) is 9.59 Å². The second kappa shape index (κ2) is 7.78. The SMILES string of the molecule is CC(C)(C)OC(=O)N[C@H](CSc1ccc(C(F)(F)F)cc1)C(=O)O. The molecule has 0 radical (unpaired) electrons. The third-order valence-electron chi connectivity index (χ3n) is 2.59. The highest BCUT2D eigenvalue weighted by molar-refractivity contribution is 7.99. The van der Waals surface area contributed by atoms with E-state index in [1.54, 1.807) is 20.8 Å². The predicted octanol–water partition coefficient (Wildman–Crippen LogP) is 3.78. The molecule has 0 saturated heterocycles. The molecule has 5 nitrogen and oxygen atoms in total. The molecule has 2 N–H and O–H groups in total. The van der Waals surface area contributed by atoms with Gasteiger partial charge in [0.25, 0.3) is 0 Å². The summed E-state index contributed by atoms with van der Waals surface area (Å²) in [4.78, 5) is 23.2. The highest BCUT2D eigenvalue weighted by atomic mass is 32.2. The van der Waals surface area contributed by atoms with Crippen LogP contribution in [0.1, 0.15) is 26.3 Å². The normalized spacial score (nSPS) is 13.2. The first-order valence-electron chi connectivity index (χ1n) is 6.91. The Balaban J connectivity index is 2.64. The van der Waals surface area contributed by atoms with E-state index in [0.29, 0.717) is 4.90 Å². The monoisotopic (exact) mass is 365 g/mol. The van der Waals surface area contributed by atoms with Crippen molar-refractivity contribution in [2.24, 2.45) is 0 Å². The van der Waals surface area contributed by atoms with Crippen molar-refractivity contribution in [2.75, 3.05) is 5.75 Å². The number of hydrogen-bond acceptors (Lipinski definition) is 4. The van der Waals surface area contributed by atoms with E-state index in [-0.39, 0.29) is 5.75 Å². The van der Waals surface area contributed by atoms with Crippen molar-refractivity contribution < 1.29 is 32.6 Å². The van der Waals surface area contributed by atoms with Gasteiger partial charge < -0.3 is 15.2 Å². The van der Waals surface area contributed by atoms with Crippen molar-refractivity contribution in [1.29, 1.82) is 0 Å². The largest absolute Gasteiger partial charge is 0.480 e. The first kappa shape index (κ1) is 20.1. The Morgan fingerprint density at radius 2 is 1.75 bits per heavy atom. The molecule has 0 bridgehead atoms. The van der Waals surface area contributed by atoms with Crippen molar-refractivity contribution in [3.63, 3.8) is 0 Å². The number of carbonyl (C=O) groups excluding carboxylic acids is 1. The van der Waals surface area contributed by atoms with Crippen LogP contribution >= 0.6 is 11.8 Å². The average molecular weight is 365 g/mol. The van der Waals surface area contributed by atoms with Crippen molar-refractivity contribution in [3.05, 3.63) is 29.8 Å². The number of carbonyl (C=O) groups is 2. The summed E-state index contributed by atoms with van der Waals surface area (Å²) in [5, 5.41) is 11.3. The van der Waals surface area contributed by atoms with Gasteiger partial charge in [0.1, 0.15) is 11.6 Å². The third kappa shape index (κ3) is 7.12. The Labute approximate surface area is 141 Å². The predicted molar refractivity (Wildman–Crippen MR) is 83.0 cm³/mol. The Bertz CT molecular complexity index is 582. The Morgan fingerprint density at radius 3 is 2.17 bits per heavy atom. The average Bonchev–Trinajstić information content (AvgIpc) is 2.40. The summed E-state index contributed by atoms with van der Waals surface area (Å²) in [5.74, 6) is -1.32. The number of aliphatic carboxylic acids is 1. The Hall–Kier alpha value is -1.90. The van der Waals surface area contributed by atoms with Crippen LogP contribution in [-0.2, 0) is 15.7 Å². The van der Waals surface area contributed by atoms with Crippen LogP contribution in [0.3, 0.4) is 0 Å². The minimum absolute atomic E-state index is 0.0556. The summed E-state index contributed by atoms with van der Waals surface area (Å²) in [6.07, 6.45) is -5.30.